The summed E-state index contributed by atoms with van der Waals surface area (Å²) in [5.74, 6) is 1.09. The lowest BCUT2D eigenvalue weighted by atomic mass is 9.90. The molecule has 2 aromatic rings. The fourth-order valence-corrected chi connectivity index (χ4v) is 4.58. The molecule has 2 aliphatic rings. The predicted octanol–water partition coefficient (Wildman–Crippen LogP) is 4.63. The molecule has 29 heavy (non-hydrogen) atoms. The lowest BCUT2D eigenvalue weighted by Gasteiger charge is -2.33. The topological polar surface area (TPSA) is 35.6 Å². The third-order valence-electron chi connectivity index (χ3n) is 6.26. The highest BCUT2D eigenvalue weighted by Gasteiger charge is 2.29. The lowest BCUT2D eigenvalue weighted by molar-refractivity contribution is 0.160. The Morgan fingerprint density at radius 1 is 0.931 bits per heavy atom. The normalized spacial score (nSPS) is 20.7. The Kier molecular flexibility index (Phi) is 6.45. The second kappa shape index (κ2) is 9.40. The monoisotopic (exact) mass is 395 g/mol. The molecule has 5 heteroatoms. The van der Waals surface area contributed by atoms with Crippen LogP contribution in [0.3, 0.4) is 0 Å². The summed E-state index contributed by atoms with van der Waals surface area (Å²) in [4.78, 5) is 17.0. The van der Waals surface area contributed by atoms with E-state index in [1.165, 1.54) is 18.4 Å². The summed E-state index contributed by atoms with van der Waals surface area (Å²) in [5, 5.41) is 2.99. The van der Waals surface area contributed by atoms with Crippen molar-refractivity contribution in [3.63, 3.8) is 0 Å². The first-order valence-electron chi connectivity index (χ1n) is 10.7. The van der Waals surface area contributed by atoms with E-state index in [2.05, 4.69) is 10.2 Å². The largest absolute Gasteiger partial charge is 0.324 e. The quantitative estimate of drug-likeness (QED) is 0.801. The second-order valence-corrected chi connectivity index (χ2v) is 8.47. The molecule has 0 aromatic heterocycles. The van der Waals surface area contributed by atoms with E-state index in [1.54, 1.807) is 12.1 Å². The van der Waals surface area contributed by atoms with Gasteiger partial charge in [0.05, 0.1) is 0 Å². The predicted molar refractivity (Wildman–Crippen MR) is 114 cm³/mol. The molecule has 0 spiro atoms. The number of benzene rings is 2. The Balaban J connectivity index is 1.18. The van der Waals surface area contributed by atoms with Gasteiger partial charge in [-0.25, -0.2) is 9.18 Å². The number of piperidine rings is 1. The SMILES string of the molecule is O=C(Nc1ccccc1)N1CCC(CN2CCC(Cc3ccc(F)cc3)CC2)C1. The third kappa shape index (κ3) is 5.57. The van der Waals surface area contributed by atoms with Crippen molar-refractivity contribution in [2.75, 3.05) is 38.0 Å². The summed E-state index contributed by atoms with van der Waals surface area (Å²) < 4.78 is 13.1. The molecule has 2 aliphatic heterocycles. The molecule has 2 saturated heterocycles. The first-order chi connectivity index (χ1) is 14.2. The molecule has 0 bridgehead atoms. The molecular formula is C24H30FN3O. The van der Waals surface area contributed by atoms with Crippen LogP contribution in [0, 0.1) is 17.7 Å². The van der Waals surface area contributed by atoms with Crippen LogP contribution in [0.4, 0.5) is 14.9 Å². The Bertz CT molecular complexity index is 788. The number of likely N-dealkylation sites (tertiary alicyclic amines) is 2. The number of hydrogen-bond acceptors (Lipinski definition) is 2. The van der Waals surface area contributed by atoms with Gasteiger partial charge in [0.25, 0.3) is 0 Å². The van der Waals surface area contributed by atoms with Gasteiger partial charge in [0.15, 0.2) is 0 Å². The van der Waals surface area contributed by atoms with Gasteiger partial charge in [-0.2, -0.15) is 0 Å². The van der Waals surface area contributed by atoms with Crippen LogP contribution in [0.5, 0.6) is 0 Å². The van der Waals surface area contributed by atoms with Crippen LogP contribution in [-0.4, -0.2) is 48.6 Å². The van der Waals surface area contributed by atoms with Gasteiger partial charge in [-0.05, 0) is 80.4 Å². The van der Waals surface area contributed by atoms with E-state index in [1.807, 2.05) is 47.4 Å². The van der Waals surface area contributed by atoms with Crippen LogP contribution >= 0.6 is 0 Å². The van der Waals surface area contributed by atoms with Gasteiger partial charge in [0, 0.05) is 25.3 Å². The Morgan fingerprint density at radius 2 is 1.62 bits per heavy atom. The molecule has 2 heterocycles. The van der Waals surface area contributed by atoms with E-state index in [9.17, 15) is 9.18 Å². The van der Waals surface area contributed by atoms with Crippen molar-refractivity contribution >= 4 is 11.7 Å². The molecule has 1 atom stereocenters. The molecule has 2 fully saturated rings. The fraction of sp³-hybridized carbons (Fsp3) is 0.458. The molecule has 2 aromatic carbocycles. The molecule has 0 saturated carbocycles. The lowest BCUT2D eigenvalue weighted by Crippen LogP contribution is -2.39. The number of urea groups is 1. The van der Waals surface area contributed by atoms with Crippen molar-refractivity contribution in [3.8, 4) is 0 Å². The first kappa shape index (κ1) is 19.9. The zero-order valence-electron chi connectivity index (χ0n) is 16.9. The number of carbonyl (C=O) groups is 1. The average molecular weight is 396 g/mol. The molecule has 1 N–H and O–H groups in total. The number of para-hydroxylation sites is 1. The van der Waals surface area contributed by atoms with E-state index in [4.69, 9.17) is 0 Å². The molecule has 1 unspecified atom stereocenters. The van der Waals surface area contributed by atoms with Crippen LogP contribution in [-0.2, 0) is 6.42 Å². The number of nitrogens with one attached hydrogen (secondary N) is 1. The summed E-state index contributed by atoms with van der Waals surface area (Å²) in [5.41, 5.74) is 2.09. The summed E-state index contributed by atoms with van der Waals surface area (Å²) in [7, 11) is 0. The van der Waals surface area contributed by atoms with Gasteiger partial charge in [-0.1, -0.05) is 30.3 Å². The summed E-state index contributed by atoms with van der Waals surface area (Å²) in [6.45, 7) is 5.01. The number of rotatable bonds is 5. The Labute approximate surface area is 172 Å². The molecule has 2 amide bonds. The van der Waals surface area contributed by atoms with Crippen molar-refractivity contribution in [3.05, 3.63) is 66.0 Å². The average Bonchev–Trinajstić information content (AvgIpc) is 3.21. The van der Waals surface area contributed by atoms with Gasteiger partial charge in [0.2, 0.25) is 0 Å². The van der Waals surface area contributed by atoms with Crippen molar-refractivity contribution < 1.29 is 9.18 Å². The standard InChI is InChI=1S/C24H30FN3O/c25-22-8-6-19(7-9-22)16-20-10-13-27(14-11-20)17-21-12-15-28(18-21)24(29)26-23-4-2-1-3-5-23/h1-9,20-21H,10-18H2,(H,26,29). The van der Waals surface area contributed by atoms with Crippen LogP contribution in [0.15, 0.2) is 54.6 Å². The fourth-order valence-electron chi connectivity index (χ4n) is 4.58. The minimum atomic E-state index is -0.161. The van der Waals surface area contributed by atoms with E-state index < -0.39 is 0 Å². The van der Waals surface area contributed by atoms with Gasteiger partial charge in [-0.15, -0.1) is 0 Å². The minimum absolute atomic E-state index is 0.0108. The van der Waals surface area contributed by atoms with Crippen LogP contribution in [0.1, 0.15) is 24.8 Å². The van der Waals surface area contributed by atoms with Crippen molar-refractivity contribution in [1.29, 1.82) is 0 Å². The van der Waals surface area contributed by atoms with Gasteiger partial charge in [0.1, 0.15) is 5.82 Å². The van der Waals surface area contributed by atoms with Crippen LogP contribution in [0.2, 0.25) is 0 Å². The number of anilines is 1. The van der Waals surface area contributed by atoms with E-state index in [-0.39, 0.29) is 11.8 Å². The molecule has 4 nitrogen and oxygen atoms in total. The highest BCUT2D eigenvalue weighted by molar-refractivity contribution is 5.89. The maximum Gasteiger partial charge on any atom is 0.321 e. The maximum atomic E-state index is 13.1. The smallest absolute Gasteiger partial charge is 0.321 e. The van der Waals surface area contributed by atoms with Gasteiger partial charge in [-0.3, -0.25) is 0 Å². The van der Waals surface area contributed by atoms with Gasteiger partial charge < -0.3 is 15.1 Å². The van der Waals surface area contributed by atoms with Crippen LogP contribution in [0.25, 0.3) is 0 Å². The first-order valence-corrected chi connectivity index (χ1v) is 10.7. The highest BCUT2D eigenvalue weighted by Crippen LogP contribution is 2.25. The van der Waals surface area contributed by atoms with Crippen molar-refractivity contribution in [2.45, 2.75) is 25.7 Å². The molecule has 0 radical (unpaired) electrons. The van der Waals surface area contributed by atoms with E-state index >= 15 is 0 Å². The maximum absolute atomic E-state index is 13.1. The molecular weight excluding hydrogens is 365 g/mol. The Morgan fingerprint density at radius 3 is 2.34 bits per heavy atom. The zero-order valence-corrected chi connectivity index (χ0v) is 16.9. The number of carbonyl (C=O) groups excluding carboxylic acids is 1. The van der Waals surface area contributed by atoms with E-state index in [0.29, 0.717) is 11.8 Å². The minimum Gasteiger partial charge on any atom is -0.324 e. The van der Waals surface area contributed by atoms with Crippen molar-refractivity contribution in [1.82, 2.24) is 9.80 Å². The summed E-state index contributed by atoms with van der Waals surface area (Å²) in [6, 6.07) is 16.6. The molecule has 154 valence electrons. The number of halogens is 1. The molecule has 4 rings (SSSR count). The van der Waals surface area contributed by atoms with Crippen molar-refractivity contribution in [2.24, 2.45) is 11.8 Å². The van der Waals surface area contributed by atoms with Gasteiger partial charge >= 0.3 is 6.03 Å². The second-order valence-electron chi connectivity index (χ2n) is 8.47. The summed E-state index contributed by atoms with van der Waals surface area (Å²) >= 11 is 0. The van der Waals surface area contributed by atoms with E-state index in [0.717, 1.165) is 51.3 Å². The number of amides is 2. The third-order valence-corrected chi connectivity index (χ3v) is 6.26. The highest BCUT2D eigenvalue weighted by atomic mass is 19.1. The number of hydrogen-bond donors (Lipinski definition) is 1. The number of nitrogens with zero attached hydrogens (tertiary/aromatic N) is 2. The summed E-state index contributed by atoms with van der Waals surface area (Å²) in [6.07, 6.45) is 4.52. The van der Waals surface area contributed by atoms with Crippen LogP contribution < -0.4 is 5.32 Å². The Hall–Kier alpha value is -2.40. The zero-order chi connectivity index (χ0) is 20.1. The molecule has 0 aliphatic carbocycles.